The number of ether oxygens (including phenoxy) is 2. The van der Waals surface area contributed by atoms with Gasteiger partial charge in [0.15, 0.2) is 0 Å². The van der Waals surface area contributed by atoms with Crippen molar-refractivity contribution in [3.63, 3.8) is 0 Å². The van der Waals surface area contributed by atoms with Crippen LogP contribution in [0.4, 0.5) is 0 Å². The third-order valence-electron chi connectivity index (χ3n) is 4.11. The number of cyclic esters (lactones) is 2. The summed E-state index contributed by atoms with van der Waals surface area (Å²) in [6, 6.07) is 0. The van der Waals surface area contributed by atoms with E-state index in [2.05, 4.69) is 32.2 Å². The minimum absolute atomic E-state index is 0.0906. The quantitative estimate of drug-likeness (QED) is 0.533. The van der Waals surface area contributed by atoms with Crippen LogP contribution in [0, 0.1) is 5.92 Å². The van der Waals surface area contributed by atoms with Gasteiger partial charge in [0.05, 0.1) is 12.8 Å². The van der Waals surface area contributed by atoms with Crippen molar-refractivity contribution in [2.45, 2.75) is 68.2 Å². The molecule has 0 radical (unpaired) electrons. The molecule has 4 nitrogen and oxygen atoms in total. The maximum absolute atomic E-state index is 11.0. The molecule has 6 heteroatoms. The van der Waals surface area contributed by atoms with E-state index in [-0.39, 0.29) is 35.3 Å². The second kappa shape index (κ2) is 7.07. The van der Waals surface area contributed by atoms with Crippen molar-refractivity contribution < 1.29 is 19.1 Å². The number of esters is 2. The van der Waals surface area contributed by atoms with Gasteiger partial charge >= 0.3 is 11.9 Å². The van der Waals surface area contributed by atoms with Gasteiger partial charge in [-0.2, -0.15) is 25.3 Å². The Morgan fingerprint density at radius 3 is 1.90 bits per heavy atom. The molecule has 0 bridgehead atoms. The fourth-order valence-corrected chi connectivity index (χ4v) is 3.23. The number of rotatable bonds is 8. The van der Waals surface area contributed by atoms with Gasteiger partial charge in [0.25, 0.3) is 0 Å². The van der Waals surface area contributed by atoms with E-state index in [0.29, 0.717) is 18.1 Å². The van der Waals surface area contributed by atoms with Gasteiger partial charge in [0, 0.05) is 16.4 Å². The Bertz CT molecular complexity index is 334. The molecule has 4 unspecified atom stereocenters. The molecule has 2 rings (SSSR count). The monoisotopic (exact) mass is 318 g/mol. The summed E-state index contributed by atoms with van der Waals surface area (Å²) in [6.45, 7) is 2.12. The Hall–Kier alpha value is -0.360. The van der Waals surface area contributed by atoms with Gasteiger partial charge < -0.3 is 9.47 Å². The molecule has 0 aromatic carbocycles. The summed E-state index contributed by atoms with van der Waals surface area (Å²) >= 11 is 9.11. The lowest BCUT2D eigenvalue weighted by atomic mass is 9.83. The molecule has 4 atom stereocenters. The van der Waals surface area contributed by atoms with Crippen molar-refractivity contribution in [3.8, 4) is 0 Å². The van der Waals surface area contributed by atoms with Gasteiger partial charge in [-0.3, -0.25) is 9.59 Å². The summed E-state index contributed by atoms with van der Waals surface area (Å²) < 4.78 is 10.3. The molecule has 0 aromatic rings. The first-order valence-corrected chi connectivity index (χ1v) is 8.28. The van der Waals surface area contributed by atoms with Crippen molar-refractivity contribution in [1.29, 1.82) is 0 Å². The van der Waals surface area contributed by atoms with E-state index in [1.807, 2.05) is 0 Å². The Balaban J connectivity index is 1.80. The molecule has 0 N–H and O–H groups in total. The molecule has 20 heavy (non-hydrogen) atoms. The first-order valence-electron chi connectivity index (χ1n) is 7.24. The van der Waals surface area contributed by atoms with E-state index in [4.69, 9.17) is 9.47 Å². The maximum Gasteiger partial charge on any atom is 0.309 e. The van der Waals surface area contributed by atoms with Gasteiger partial charge in [-0.1, -0.05) is 6.92 Å². The van der Waals surface area contributed by atoms with E-state index in [1.165, 1.54) is 0 Å². The fourth-order valence-electron chi connectivity index (χ4n) is 2.69. The molecule has 0 amide bonds. The van der Waals surface area contributed by atoms with Crippen molar-refractivity contribution in [1.82, 2.24) is 0 Å². The molecular weight excluding hydrogens is 296 g/mol. The van der Waals surface area contributed by atoms with Crippen molar-refractivity contribution in [2.24, 2.45) is 5.92 Å². The largest absolute Gasteiger partial charge is 0.461 e. The molecule has 2 aliphatic rings. The average molecular weight is 318 g/mol. The van der Waals surface area contributed by atoms with Crippen LogP contribution in [-0.4, -0.2) is 34.6 Å². The third-order valence-corrected chi connectivity index (χ3v) is 5.20. The Morgan fingerprint density at radius 2 is 1.50 bits per heavy atom. The SMILES string of the molecule is CCC(S)CCC(S)CC(C1CC(=O)O1)C1CC(=O)O1. The van der Waals surface area contributed by atoms with Gasteiger partial charge in [-0.15, -0.1) is 0 Å². The molecule has 2 aliphatic heterocycles. The standard InChI is InChI=1S/C14H22O4S2/c1-2-8(19)3-4-9(20)5-10(11-6-13(15)17-11)12-7-14(16)18-12/h8-12,19-20H,2-7H2,1H3. The number of hydrogen-bond acceptors (Lipinski definition) is 6. The normalized spacial score (nSPS) is 29.6. The average Bonchev–Trinajstić information content (AvgIpc) is 2.35. The highest BCUT2D eigenvalue weighted by atomic mass is 32.1. The highest BCUT2D eigenvalue weighted by Gasteiger charge is 2.46. The predicted molar refractivity (Wildman–Crippen MR) is 82.2 cm³/mol. The van der Waals surface area contributed by atoms with Crippen LogP contribution >= 0.6 is 25.3 Å². The lowest BCUT2D eigenvalue weighted by molar-refractivity contribution is -0.196. The molecule has 2 heterocycles. The second-order valence-corrected chi connectivity index (χ2v) is 7.12. The summed E-state index contributed by atoms with van der Waals surface area (Å²) in [7, 11) is 0. The van der Waals surface area contributed by atoms with Gasteiger partial charge in [-0.25, -0.2) is 0 Å². The highest BCUT2D eigenvalue weighted by molar-refractivity contribution is 7.81. The zero-order valence-corrected chi connectivity index (χ0v) is 13.4. The van der Waals surface area contributed by atoms with E-state index in [0.717, 1.165) is 25.7 Å². The summed E-state index contributed by atoms with van der Waals surface area (Å²) in [5.41, 5.74) is 0. The van der Waals surface area contributed by atoms with Crippen LogP contribution in [0.2, 0.25) is 0 Å². The Labute approximate surface area is 130 Å². The van der Waals surface area contributed by atoms with Gasteiger partial charge in [0.2, 0.25) is 0 Å². The number of carbonyl (C=O) groups excluding carboxylic acids is 2. The van der Waals surface area contributed by atoms with Crippen LogP contribution < -0.4 is 0 Å². The molecule has 114 valence electrons. The summed E-state index contributed by atoms with van der Waals surface area (Å²) in [6.07, 6.45) is 4.52. The molecule has 0 saturated carbocycles. The predicted octanol–water partition coefficient (Wildman–Crippen LogP) is 2.41. The van der Waals surface area contributed by atoms with Crippen LogP contribution in [-0.2, 0) is 19.1 Å². The van der Waals surface area contributed by atoms with Crippen molar-refractivity contribution in [3.05, 3.63) is 0 Å². The highest BCUT2D eigenvalue weighted by Crippen LogP contribution is 2.36. The van der Waals surface area contributed by atoms with Crippen LogP contribution in [0.25, 0.3) is 0 Å². The molecule has 0 aliphatic carbocycles. The molecule has 0 aromatic heterocycles. The lowest BCUT2D eigenvalue weighted by Crippen LogP contribution is -2.50. The Morgan fingerprint density at radius 1 is 1.05 bits per heavy atom. The van der Waals surface area contributed by atoms with E-state index < -0.39 is 0 Å². The number of thiol groups is 2. The summed E-state index contributed by atoms with van der Waals surface area (Å²) in [5.74, 6) is -0.238. The lowest BCUT2D eigenvalue weighted by Gasteiger charge is -2.41. The second-order valence-electron chi connectivity index (χ2n) is 5.66. The first kappa shape index (κ1) is 16.0. The van der Waals surface area contributed by atoms with Gasteiger partial charge in [-0.05, 0) is 25.7 Å². The van der Waals surface area contributed by atoms with Crippen LogP contribution in [0.5, 0.6) is 0 Å². The molecule has 2 fully saturated rings. The molecule has 0 spiro atoms. The molecular formula is C14H22O4S2. The maximum atomic E-state index is 11.0. The molecule has 2 saturated heterocycles. The summed E-state index contributed by atoms with van der Waals surface area (Å²) in [4.78, 5) is 22.0. The zero-order valence-electron chi connectivity index (χ0n) is 11.7. The minimum Gasteiger partial charge on any atom is -0.461 e. The van der Waals surface area contributed by atoms with Crippen LogP contribution in [0.15, 0.2) is 0 Å². The van der Waals surface area contributed by atoms with Crippen molar-refractivity contribution >= 4 is 37.2 Å². The number of carbonyl (C=O) groups is 2. The van der Waals surface area contributed by atoms with Crippen LogP contribution in [0.3, 0.4) is 0 Å². The number of hydrogen-bond donors (Lipinski definition) is 2. The topological polar surface area (TPSA) is 52.6 Å². The van der Waals surface area contributed by atoms with E-state index >= 15 is 0 Å². The third kappa shape index (κ3) is 4.07. The zero-order chi connectivity index (χ0) is 14.7. The van der Waals surface area contributed by atoms with Crippen LogP contribution in [0.1, 0.15) is 45.4 Å². The Kier molecular flexibility index (Phi) is 5.66. The minimum atomic E-state index is -0.164. The van der Waals surface area contributed by atoms with E-state index in [1.54, 1.807) is 0 Å². The van der Waals surface area contributed by atoms with Crippen molar-refractivity contribution in [2.75, 3.05) is 0 Å². The smallest absolute Gasteiger partial charge is 0.309 e. The fraction of sp³-hybridized carbons (Fsp3) is 0.857. The van der Waals surface area contributed by atoms with Gasteiger partial charge in [0.1, 0.15) is 12.2 Å². The van der Waals surface area contributed by atoms with E-state index in [9.17, 15) is 9.59 Å². The summed E-state index contributed by atoms with van der Waals surface area (Å²) in [5, 5.41) is 0.631. The first-order chi connectivity index (χ1) is 9.49.